The number of hydrogen-bond acceptors (Lipinski definition) is 2. The first-order valence-corrected chi connectivity index (χ1v) is 9.78. The lowest BCUT2D eigenvalue weighted by atomic mass is 9.70. The summed E-state index contributed by atoms with van der Waals surface area (Å²) in [5, 5.41) is 3.72. The SMILES string of the molecule is CC(=O)NC[C@@H]1C=C(C)[C@H](Cc2nc3ccc(Cl)cc3[nH]2)C[C@H]1C(C)C. The second-order valence-corrected chi connectivity index (χ2v) is 8.34. The van der Waals surface area contributed by atoms with Crippen molar-refractivity contribution in [3.8, 4) is 0 Å². The van der Waals surface area contributed by atoms with E-state index in [2.05, 4.69) is 37.1 Å². The van der Waals surface area contributed by atoms with Crippen LogP contribution in [0.1, 0.15) is 39.9 Å². The van der Waals surface area contributed by atoms with E-state index in [9.17, 15) is 4.79 Å². The van der Waals surface area contributed by atoms with Crippen LogP contribution < -0.4 is 5.32 Å². The smallest absolute Gasteiger partial charge is 0.216 e. The molecule has 0 unspecified atom stereocenters. The number of nitrogens with zero attached hydrogens (tertiary/aromatic N) is 1. The van der Waals surface area contributed by atoms with E-state index in [1.165, 1.54) is 5.57 Å². The van der Waals surface area contributed by atoms with Crippen molar-refractivity contribution in [2.24, 2.45) is 23.7 Å². The fraction of sp³-hybridized carbons (Fsp3) is 0.524. The topological polar surface area (TPSA) is 57.8 Å². The Kier molecular flexibility index (Phi) is 5.71. The zero-order chi connectivity index (χ0) is 18.8. The highest BCUT2D eigenvalue weighted by Crippen LogP contribution is 2.38. The van der Waals surface area contributed by atoms with Crippen LogP contribution in [0.4, 0.5) is 0 Å². The van der Waals surface area contributed by atoms with Crippen molar-refractivity contribution in [3.63, 3.8) is 0 Å². The van der Waals surface area contributed by atoms with Gasteiger partial charge in [0.15, 0.2) is 0 Å². The number of rotatable bonds is 5. The molecule has 1 aliphatic rings. The molecular weight excluding hydrogens is 346 g/mol. The van der Waals surface area contributed by atoms with Crippen molar-refractivity contribution < 1.29 is 4.79 Å². The van der Waals surface area contributed by atoms with E-state index in [4.69, 9.17) is 16.6 Å². The monoisotopic (exact) mass is 373 g/mol. The van der Waals surface area contributed by atoms with E-state index in [1.807, 2.05) is 18.2 Å². The van der Waals surface area contributed by atoms with Gasteiger partial charge in [-0.05, 0) is 55.2 Å². The van der Waals surface area contributed by atoms with Gasteiger partial charge in [-0.2, -0.15) is 0 Å². The minimum absolute atomic E-state index is 0.0432. The first-order valence-electron chi connectivity index (χ1n) is 9.40. The van der Waals surface area contributed by atoms with Crippen LogP contribution in [-0.2, 0) is 11.2 Å². The van der Waals surface area contributed by atoms with E-state index < -0.39 is 0 Å². The normalized spacial score (nSPS) is 23.3. The zero-order valence-corrected chi connectivity index (χ0v) is 16.7. The number of benzene rings is 1. The Balaban J connectivity index is 1.78. The van der Waals surface area contributed by atoms with E-state index >= 15 is 0 Å². The van der Waals surface area contributed by atoms with E-state index in [0.717, 1.165) is 41.3 Å². The number of carbonyl (C=O) groups excluding carboxylic acids is 1. The van der Waals surface area contributed by atoms with Crippen molar-refractivity contribution in [1.29, 1.82) is 0 Å². The van der Waals surface area contributed by atoms with Crippen LogP contribution in [0.3, 0.4) is 0 Å². The molecule has 5 heteroatoms. The third-order valence-electron chi connectivity index (χ3n) is 5.60. The summed E-state index contributed by atoms with van der Waals surface area (Å²) < 4.78 is 0. The number of aromatic amines is 1. The van der Waals surface area contributed by atoms with Gasteiger partial charge in [0, 0.05) is 24.9 Å². The van der Waals surface area contributed by atoms with Gasteiger partial charge in [-0.25, -0.2) is 4.98 Å². The molecule has 4 nitrogen and oxygen atoms in total. The number of aromatic nitrogens is 2. The lowest BCUT2D eigenvalue weighted by Crippen LogP contribution is -2.36. The fourth-order valence-corrected chi connectivity index (χ4v) is 4.31. The zero-order valence-electron chi connectivity index (χ0n) is 16.0. The second-order valence-electron chi connectivity index (χ2n) is 7.90. The molecule has 1 heterocycles. The summed E-state index contributed by atoms with van der Waals surface area (Å²) in [5.41, 5.74) is 3.36. The van der Waals surface area contributed by atoms with E-state index in [0.29, 0.717) is 23.7 Å². The number of halogens is 1. The van der Waals surface area contributed by atoms with Crippen molar-refractivity contribution in [3.05, 3.63) is 40.7 Å². The molecule has 0 spiro atoms. The molecule has 0 bridgehead atoms. The Bertz CT molecular complexity index is 824. The minimum Gasteiger partial charge on any atom is -0.356 e. The third-order valence-corrected chi connectivity index (χ3v) is 5.84. The summed E-state index contributed by atoms with van der Waals surface area (Å²) >= 11 is 6.08. The molecule has 0 saturated carbocycles. The van der Waals surface area contributed by atoms with Gasteiger partial charge < -0.3 is 10.3 Å². The molecule has 26 heavy (non-hydrogen) atoms. The number of fused-ring (bicyclic) bond motifs is 1. The molecule has 140 valence electrons. The quantitative estimate of drug-likeness (QED) is 0.743. The maximum atomic E-state index is 11.3. The van der Waals surface area contributed by atoms with Crippen LogP contribution in [-0.4, -0.2) is 22.4 Å². The van der Waals surface area contributed by atoms with Crippen LogP contribution in [0.15, 0.2) is 29.8 Å². The lowest BCUT2D eigenvalue weighted by molar-refractivity contribution is -0.119. The van der Waals surface area contributed by atoms with Crippen LogP contribution in [0.25, 0.3) is 11.0 Å². The molecule has 1 aromatic heterocycles. The summed E-state index contributed by atoms with van der Waals surface area (Å²) in [6.45, 7) is 9.08. The maximum absolute atomic E-state index is 11.3. The Morgan fingerprint density at radius 2 is 2.19 bits per heavy atom. The summed E-state index contributed by atoms with van der Waals surface area (Å²) in [5.74, 6) is 3.09. The van der Waals surface area contributed by atoms with Gasteiger partial charge in [0.1, 0.15) is 5.82 Å². The standard InChI is InChI=1S/C21H28ClN3O/c1-12(2)18-8-15(13(3)7-16(18)11-23-14(4)26)9-21-24-19-6-5-17(22)10-20(19)25-21/h5-7,10,12,15-16,18H,8-9,11H2,1-4H3,(H,23,26)(H,24,25)/t15-,16-,18-/m0/s1. The number of H-pyrrole nitrogens is 1. The molecule has 2 aromatic rings. The molecule has 2 N–H and O–H groups in total. The average molecular weight is 374 g/mol. The van der Waals surface area contributed by atoms with E-state index in [-0.39, 0.29) is 5.91 Å². The number of nitrogens with one attached hydrogen (secondary N) is 2. The van der Waals surface area contributed by atoms with Gasteiger partial charge in [0.2, 0.25) is 5.91 Å². The summed E-state index contributed by atoms with van der Waals surface area (Å²) in [6, 6.07) is 5.76. The van der Waals surface area contributed by atoms with Gasteiger partial charge >= 0.3 is 0 Å². The summed E-state index contributed by atoms with van der Waals surface area (Å²) in [6.07, 6.45) is 4.40. The van der Waals surface area contributed by atoms with Crippen molar-refractivity contribution in [1.82, 2.24) is 15.3 Å². The molecule has 1 aromatic carbocycles. The van der Waals surface area contributed by atoms with Crippen molar-refractivity contribution >= 4 is 28.5 Å². The molecular formula is C21H28ClN3O. The highest BCUT2D eigenvalue weighted by Gasteiger charge is 2.32. The molecule has 0 radical (unpaired) electrons. The Labute approximate surface area is 160 Å². The number of allylic oxidation sites excluding steroid dienone is 1. The number of carbonyl (C=O) groups is 1. The molecule has 0 saturated heterocycles. The Morgan fingerprint density at radius 3 is 2.88 bits per heavy atom. The largest absolute Gasteiger partial charge is 0.356 e. The fourth-order valence-electron chi connectivity index (χ4n) is 4.13. The van der Waals surface area contributed by atoms with E-state index in [1.54, 1.807) is 6.92 Å². The molecule has 1 aliphatic carbocycles. The average Bonchev–Trinajstić information content (AvgIpc) is 2.96. The highest BCUT2D eigenvalue weighted by atomic mass is 35.5. The van der Waals surface area contributed by atoms with Gasteiger partial charge in [0.25, 0.3) is 0 Å². The molecule has 3 atom stereocenters. The molecule has 1 amide bonds. The van der Waals surface area contributed by atoms with Gasteiger partial charge in [-0.3, -0.25) is 4.79 Å². The molecule has 3 rings (SSSR count). The third kappa shape index (κ3) is 4.29. The molecule has 0 aliphatic heterocycles. The predicted molar refractivity (Wildman–Crippen MR) is 107 cm³/mol. The summed E-state index contributed by atoms with van der Waals surface area (Å²) in [4.78, 5) is 19.5. The maximum Gasteiger partial charge on any atom is 0.216 e. The number of amides is 1. The van der Waals surface area contributed by atoms with Crippen LogP contribution >= 0.6 is 11.6 Å². The second kappa shape index (κ2) is 7.83. The highest BCUT2D eigenvalue weighted by molar-refractivity contribution is 6.31. The first kappa shape index (κ1) is 19.0. The Morgan fingerprint density at radius 1 is 1.42 bits per heavy atom. The first-order chi connectivity index (χ1) is 12.3. The summed E-state index contributed by atoms with van der Waals surface area (Å²) in [7, 11) is 0. The van der Waals surface area contributed by atoms with Gasteiger partial charge in [0.05, 0.1) is 11.0 Å². The number of imidazole rings is 1. The molecule has 0 fully saturated rings. The van der Waals surface area contributed by atoms with Crippen LogP contribution in [0.5, 0.6) is 0 Å². The van der Waals surface area contributed by atoms with Gasteiger partial charge in [-0.1, -0.05) is 37.1 Å². The van der Waals surface area contributed by atoms with Gasteiger partial charge in [-0.15, -0.1) is 0 Å². The lowest BCUT2D eigenvalue weighted by Gasteiger charge is -2.37. The van der Waals surface area contributed by atoms with Crippen LogP contribution in [0, 0.1) is 23.7 Å². The number of hydrogen-bond donors (Lipinski definition) is 2. The van der Waals surface area contributed by atoms with Crippen molar-refractivity contribution in [2.45, 2.75) is 40.5 Å². The predicted octanol–water partition coefficient (Wildman–Crippen LogP) is 4.75. The minimum atomic E-state index is 0.0432. The Hall–Kier alpha value is -1.81. The van der Waals surface area contributed by atoms with Crippen molar-refractivity contribution in [2.75, 3.05) is 6.54 Å². The van der Waals surface area contributed by atoms with Crippen LogP contribution in [0.2, 0.25) is 5.02 Å².